The Labute approximate surface area is 190 Å². The zero-order valence-electron chi connectivity index (χ0n) is 17.0. The Kier molecular flexibility index (Phi) is 7.85. The SMILES string of the molecule is O=C(Cn1c(=O)ccn(C2OC(COP(=O)(O)OP(=O)([O-])[O-])C(O)C2O)c1=O)c1ccccc1. The Balaban J connectivity index is 1.79. The summed E-state index contributed by atoms with van der Waals surface area (Å²) >= 11 is 0. The Bertz CT molecular complexity index is 1250. The van der Waals surface area contributed by atoms with Crippen molar-refractivity contribution in [1.29, 1.82) is 0 Å². The molecule has 1 fully saturated rings. The predicted molar refractivity (Wildman–Crippen MR) is 106 cm³/mol. The number of Topliss-reactive ketones (excluding diaryl/α,β-unsaturated/α-hetero) is 1. The Morgan fingerprint density at radius 2 is 1.74 bits per heavy atom. The molecule has 1 aliphatic rings. The molecule has 5 unspecified atom stereocenters. The fourth-order valence-electron chi connectivity index (χ4n) is 3.14. The van der Waals surface area contributed by atoms with Crippen LogP contribution in [0.25, 0.3) is 0 Å². The number of carbonyl (C=O) groups is 1. The van der Waals surface area contributed by atoms with Gasteiger partial charge in [-0.2, -0.15) is 0 Å². The highest BCUT2D eigenvalue weighted by atomic mass is 31.3. The highest BCUT2D eigenvalue weighted by Gasteiger charge is 2.45. The molecule has 0 radical (unpaired) electrons. The van der Waals surface area contributed by atoms with E-state index >= 15 is 0 Å². The lowest BCUT2D eigenvalue weighted by Crippen LogP contribution is -2.44. The smallest absolute Gasteiger partial charge is 0.476 e. The molecule has 15 nitrogen and oxygen atoms in total. The summed E-state index contributed by atoms with van der Waals surface area (Å²) < 4.78 is 36.3. The van der Waals surface area contributed by atoms with Crippen LogP contribution < -0.4 is 21.0 Å². The summed E-state index contributed by atoms with van der Waals surface area (Å²) in [4.78, 5) is 67.7. The van der Waals surface area contributed by atoms with Gasteiger partial charge in [0.2, 0.25) is 0 Å². The monoisotopic (exact) mass is 520 g/mol. The lowest BCUT2D eigenvalue weighted by molar-refractivity contribution is -0.334. The minimum atomic E-state index is -5.88. The summed E-state index contributed by atoms with van der Waals surface area (Å²) in [7, 11) is -11.3. The van der Waals surface area contributed by atoms with Gasteiger partial charge in [0.1, 0.15) is 18.3 Å². The third kappa shape index (κ3) is 6.23. The van der Waals surface area contributed by atoms with Crippen LogP contribution >= 0.6 is 15.6 Å². The van der Waals surface area contributed by atoms with Crippen LogP contribution in [0.1, 0.15) is 16.6 Å². The van der Waals surface area contributed by atoms with E-state index in [1.807, 2.05) is 0 Å². The highest BCUT2D eigenvalue weighted by Crippen LogP contribution is 2.54. The van der Waals surface area contributed by atoms with Gasteiger partial charge in [-0.15, -0.1) is 0 Å². The first-order valence-electron chi connectivity index (χ1n) is 9.41. The van der Waals surface area contributed by atoms with Gasteiger partial charge in [0, 0.05) is 17.8 Å². The molecule has 1 aliphatic heterocycles. The molecule has 17 heteroatoms. The fraction of sp³-hybridized carbons (Fsp3) is 0.353. The van der Waals surface area contributed by atoms with Gasteiger partial charge in [-0.3, -0.25) is 27.6 Å². The van der Waals surface area contributed by atoms with E-state index in [0.29, 0.717) is 9.13 Å². The van der Waals surface area contributed by atoms with Crippen molar-refractivity contribution in [1.82, 2.24) is 9.13 Å². The fourth-order valence-corrected chi connectivity index (χ4v) is 4.68. The van der Waals surface area contributed by atoms with Crippen molar-refractivity contribution in [3.63, 3.8) is 0 Å². The molecule has 0 aliphatic carbocycles. The van der Waals surface area contributed by atoms with E-state index < -0.39 is 70.4 Å². The molecule has 34 heavy (non-hydrogen) atoms. The first-order valence-corrected chi connectivity index (χ1v) is 12.4. The summed E-state index contributed by atoms with van der Waals surface area (Å²) in [6, 6.07) is 8.75. The second-order valence-corrected chi connectivity index (χ2v) is 9.80. The Morgan fingerprint density at radius 3 is 2.35 bits per heavy atom. The average Bonchev–Trinajstić information content (AvgIpc) is 3.02. The number of aliphatic hydroxyl groups is 2. The molecule has 1 aromatic heterocycles. The molecule has 3 rings (SSSR count). The zero-order valence-corrected chi connectivity index (χ0v) is 18.8. The van der Waals surface area contributed by atoms with Gasteiger partial charge in [0.05, 0.1) is 21.0 Å². The van der Waals surface area contributed by atoms with Crippen LogP contribution in [0.3, 0.4) is 0 Å². The van der Waals surface area contributed by atoms with Gasteiger partial charge < -0.3 is 34.2 Å². The molecule has 5 atom stereocenters. The van der Waals surface area contributed by atoms with Crippen molar-refractivity contribution in [2.45, 2.75) is 31.1 Å². The maximum Gasteiger partial charge on any atom is 0.476 e. The lowest BCUT2D eigenvalue weighted by Gasteiger charge is -2.30. The van der Waals surface area contributed by atoms with Crippen molar-refractivity contribution >= 4 is 21.4 Å². The summed E-state index contributed by atoms with van der Waals surface area (Å²) in [5, 5.41) is 20.4. The van der Waals surface area contributed by atoms with Gasteiger partial charge >= 0.3 is 13.5 Å². The average molecular weight is 520 g/mol. The number of benzene rings is 1. The van der Waals surface area contributed by atoms with E-state index in [2.05, 4.69) is 8.83 Å². The maximum atomic E-state index is 12.8. The van der Waals surface area contributed by atoms with Crippen molar-refractivity contribution < 1.29 is 52.4 Å². The number of hydrogen-bond donors (Lipinski definition) is 3. The number of ether oxygens (including phenoxy) is 1. The molecular formula is C17H18N2O13P2-2. The summed E-state index contributed by atoms with van der Waals surface area (Å²) in [5.74, 6) is -0.551. The molecule has 3 N–H and O–H groups in total. The van der Waals surface area contributed by atoms with Crippen molar-refractivity contribution in [3.8, 4) is 0 Å². The zero-order chi connectivity index (χ0) is 25.3. The Hall–Kier alpha value is -2.29. The minimum Gasteiger partial charge on any atom is -0.789 e. The van der Waals surface area contributed by atoms with Crippen LogP contribution in [0, 0.1) is 0 Å². The third-order valence-corrected chi connectivity index (χ3v) is 6.81. The van der Waals surface area contributed by atoms with Gasteiger partial charge in [0.25, 0.3) is 5.56 Å². The van der Waals surface area contributed by atoms with E-state index in [0.717, 1.165) is 12.3 Å². The highest BCUT2D eigenvalue weighted by molar-refractivity contribution is 7.59. The van der Waals surface area contributed by atoms with Gasteiger partial charge in [-0.1, -0.05) is 30.3 Å². The first kappa shape index (κ1) is 26.3. The quantitative estimate of drug-likeness (QED) is 0.229. The van der Waals surface area contributed by atoms with Crippen molar-refractivity contribution in [3.05, 3.63) is 69.0 Å². The van der Waals surface area contributed by atoms with Crippen LogP contribution in [-0.2, 0) is 29.2 Å². The number of hydrogen-bond acceptors (Lipinski definition) is 12. The molecule has 0 bridgehead atoms. The van der Waals surface area contributed by atoms with Crippen LogP contribution in [-0.4, -0.2) is 54.9 Å². The molecule has 0 spiro atoms. The molecule has 0 amide bonds. The molecule has 2 heterocycles. The minimum absolute atomic E-state index is 0.241. The molecule has 186 valence electrons. The van der Waals surface area contributed by atoms with E-state index in [1.165, 1.54) is 12.1 Å². The molecular weight excluding hydrogens is 502 g/mol. The topological polar surface area (TPSA) is 230 Å². The lowest BCUT2D eigenvalue weighted by atomic mass is 10.1. The summed E-state index contributed by atoms with van der Waals surface area (Å²) in [6.45, 7) is -1.65. The van der Waals surface area contributed by atoms with Gasteiger partial charge in [-0.25, -0.2) is 9.36 Å². The van der Waals surface area contributed by atoms with Gasteiger partial charge in [0.15, 0.2) is 12.0 Å². The van der Waals surface area contributed by atoms with Crippen molar-refractivity contribution in [2.75, 3.05) is 6.61 Å². The summed E-state index contributed by atoms with van der Waals surface area (Å²) in [5.41, 5.74) is -1.65. The number of ketones is 1. The summed E-state index contributed by atoms with van der Waals surface area (Å²) in [6.07, 6.45) is -5.89. The largest absolute Gasteiger partial charge is 0.789 e. The van der Waals surface area contributed by atoms with E-state index in [4.69, 9.17) is 4.74 Å². The second kappa shape index (κ2) is 10.1. The molecule has 1 saturated heterocycles. The number of nitrogens with zero attached hydrogens (tertiary/aromatic N) is 2. The Morgan fingerprint density at radius 1 is 1.09 bits per heavy atom. The van der Waals surface area contributed by atoms with Crippen molar-refractivity contribution in [2.24, 2.45) is 0 Å². The number of phosphoric ester groups is 1. The van der Waals surface area contributed by atoms with Crippen LogP contribution in [0.2, 0.25) is 0 Å². The number of aliphatic hydroxyl groups excluding tert-OH is 2. The molecule has 0 saturated carbocycles. The predicted octanol–water partition coefficient (Wildman–Crippen LogP) is -2.53. The van der Waals surface area contributed by atoms with E-state index in [-0.39, 0.29) is 5.56 Å². The number of carbonyl (C=O) groups excluding carboxylic acids is 1. The second-order valence-electron chi connectivity index (χ2n) is 7.06. The normalized spacial score (nSPS) is 24.6. The van der Waals surface area contributed by atoms with E-state index in [1.54, 1.807) is 18.2 Å². The number of phosphoric acid groups is 2. The van der Waals surface area contributed by atoms with Crippen LogP contribution in [0.4, 0.5) is 0 Å². The standard InChI is InChI=1S/C17H20N2O13P2/c20-11(10-4-2-1-3-5-10)8-19-13(21)6-7-18(17(19)24)16-15(23)14(22)12(31-16)9-30-34(28,29)32-33(25,26)27/h1-7,12,14-16,22-23H,8-9H2,(H,28,29)(H2,25,26,27)/p-2. The maximum absolute atomic E-state index is 12.8. The molecule has 2 aromatic rings. The number of rotatable bonds is 9. The number of aromatic nitrogens is 2. The van der Waals surface area contributed by atoms with Crippen LogP contribution in [0.5, 0.6) is 0 Å². The van der Waals surface area contributed by atoms with E-state index in [9.17, 15) is 48.4 Å². The van der Waals surface area contributed by atoms with Crippen LogP contribution in [0.15, 0.2) is 52.2 Å². The first-order chi connectivity index (χ1) is 15.8. The molecule has 1 aromatic carbocycles. The van der Waals surface area contributed by atoms with Gasteiger partial charge in [-0.05, 0) is 0 Å². The third-order valence-electron chi connectivity index (χ3n) is 4.71.